The van der Waals surface area contributed by atoms with Crippen molar-refractivity contribution in [3.63, 3.8) is 0 Å². The summed E-state index contributed by atoms with van der Waals surface area (Å²) in [6, 6.07) is 10.1. The molecule has 1 aliphatic rings. The molecule has 0 saturated heterocycles. The van der Waals surface area contributed by atoms with Gasteiger partial charge in [0.05, 0.1) is 0 Å². The number of rotatable bonds is 3. The van der Waals surface area contributed by atoms with Crippen LogP contribution in [-0.4, -0.2) is 44.3 Å². The second-order valence-corrected chi connectivity index (χ2v) is 6.32. The summed E-state index contributed by atoms with van der Waals surface area (Å²) in [6.45, 7) is 5.42. The molecule has 0 spiro atoms. The third-order valence-electron chi connectivity index (χ3n) is 4.04. The highest BCUT2D eigenvalue weighted by molar-refractivity contribution is 7.17. The molecule has 6 heteroatoms. The number of fused-ring (bicyclic) bond motifs is 1. The van der Waals surface area contributed by atoms with E-state index in [9.17, 15) is 0 Å². The highest BCUT2D eigenvalue weighted by Gasteiger charge is 2.18. The minimum Gasteiger partial charge on any atom is -0.300 e. The van der Waals surface area contributed by atoms with Crippen molar-refractivity contribution in [2.75, 3.05) is 19.6 Å². The third-order valence-corrected chi connectivity index (χ3v) is 5.01. The van der Waals surface area contributed by atoms with Crippen LogP contribution in [0, 0.1) is 0 Å². The Morgan fingerprint density at radius 1 is 1.18 bits per heavy atom. The predicted molar refractivity (Wildman–Crippen MR) is 88.8 cm³/mol. The van der Waals surface area contributed by atoms with E-state index >= 15 is 0 Å². The van der Waals surface area contributed by atoms with Gasteiger partial charge in [0.2, 0.25) is 4.96 Å². The van der Waals surface area contributed by atoms with Gasteiger partial charge in [-0.2, -0.15) is 9.61 Å². The number of benzene rings is 1. The van der Waals surface area contributed by atoms with Gasteiger partial charge in [-0.05, 0) is 18.5 Å². The molecular weight excluding hydrogens is 294 g/mol. The van der Waals surface area contributed by atoms with Gasteiger partial charge < -0.3 is 0 Å². The second kappa shape index (κ2) is 5.62. The molecule has 0 saturated carbocycles. The number of hydrogen-bond donors (Lipinski definition) is 0. The average Bonchev–Trinajstić information content (AvgIpc) is 3.16. The lowest BCUT2D eigenvalue weighted by Crippen LogP contribution is -2.28. The first-order valence-corrected chi connectivity index (χ1v) is 8.36. The Morgan fingerprint density at radius 3 is 2.77 bits per heavy atom. The summed E-state index contributed by atoms with van der Waals surface area (Å²) in [7, 11) is 0. The van der Waals surface area contributed by atoms with E-state index in [0.717, 1.165) is 47.4 Å². The van der Waals surface area contributed by atoms with E-state index in [2.05, 4.69) is 28.1 Å². The summed E-state index contributed by atoms with van der Waals surface area (Å²) in [5.41, 5.74) is 2.38. The lowest BCUT2D eigenvalue weighted by molar-refractivity contribution is 0.318. The van der Waals surface area contributed by atoms with E-state index in [-0.39, 0.29) is 0 Å². The van der Waals surface area contributed by atoms with Gasteiger partial charge >= 0.3 is 0 Å². The quantitative estimate of drug-likeness (QED) is 0.746. The second-order valence-electron chi connectivity index (χ2n) is 5.36. The Kier molecular flexibility index (Phi) is 3.48. The van der Waals surface area contributed by atoms with E-state index in [1.54, 1.807) is 11.3 Å². The van der Waals surface area contributed by atoms with E-state index in [4.69, 9.17) is 5.10 Å². The van der Waals surface area contributed by atoms with Crippen LogP contribution in [0.15, 0.2) is 36.4 Å². The van der Waals surface area contributed by atoms with Crippen molar-refractivity contribution in [3.8, 4) is 11.4 Å². The van der Waals surface area contributed by atoms with Gasteiger partial charge in [-0.15, -0.1) is 10.2 Å². The zero-order valence-electron chi connectivity index (χ0n) is 12.4. The molecule has 1 aliphatic heterocycles. The molecule has 0 N–H and O–H groups in total. The summed E-state index contributed by atoms with van der Waals surface area (Å²) in [4.78, 5) is 3.28. The first-order chi connectivity index (χ1) is 10.8. The van der Waals surface area contributed by atoms with E-state index in [0.29, 0.717) is 0 Å². The maximum atomic E-state index is 4.75. The fourth-order valence-electron chi connectivity index (χ4n) is 2.71. The SMILES string of the molecule is CCN1CC=C(c2nn3c(-c4ccccc4)nnc3s2)CC1. The van der Waals surface area contributed by atoms with Gasteiger partial charge in [0.15, 0.2) is 5.82 Å². The first-order valence-electron chi connectivity index (χ1n) is 7.54. The third kappa shape index (κ3) is 2.34. The molecule has 0 radical (unpaired) electrons. The van der Waals surface area contributed by atoms with Gasteiger partial charge in [-0.3, -0.25) is 4.90 Å². The van der Waals surface area contributed by atoms with E-state index in [1.165, 1.54) is 5.57 Å². The maximum absolute atomic E-state index is 4.75. The number of hydrogen-bond acceptors (Lipinski definition) is 5. The molecule has 3 aromatic rings. The minimum atomic E-state index is 0.810. The molecule has 112 valence electrons. The van der Waals surface area contributed by atoms with Gasteiger partial charge in [-0.1, -0.05) is 54.7 Å². The highest BCUT2D eigenvalue weighted by Crippen LogP contribution is 2.28. The fourth-order valence-corrected chi connectivity index (χ4v) is 3.61. The summed E-state index contributed by atoms with van der Waals surface area (Å²) < 4.78 is 1.86. The zero-order valence-corrected chi connectivity index (χ0v) is 13.3. The summed E-state index contributed by atoms with van der Waals surface area (Å²) in [6.07, 6.45) is 3.35. The van der Waals surface area contributed by atoms with Crippen molar-refractivity contribution >= 4 is 21.9 Å². The molecule has 0 aliphatic carbocycles. The molecule has 0 fully saturated rings. The standard InChI is InChI=1S/C16H17N5S/c1-2-20-10-8-13(9-11-20)15-19-21-14(17-18-16(21)22-15)12-6-4-3-5-7-12/h3-8H,2,9-11H2,1H3. The van der Waals surface area contributed by atoms with Crippen molar-refractivity contribution in [2.24, 2.45) is 0 Å². The Hall–Kier alpha value is -2.05. The Balaban J connectivity index is 1.71. The molecule has 22 heavy (non-hydrogen) atoms. The van der Waals surface area contributed by atoms with Crippen LogP contribution in [-0.2, 0) is 0 Å². The molecular formula is C16H17N5S. The van der Waals surface area contributed by atoms with Gasteiger partial charge in [0, 0.05) is 18.7 Å². The van der Waals surface area contributed by atoms with Crippen LogP contribution in [0.3, 0.4) is 0 Å². The average molecular weight is 311 g/mol. The lowest BCUT2D eigenvalue weighted by Gasteiger charge is -2.23. The van der Waals surface area contributed by atoms with Crippen LogP contribution in [0.2, 0.25) is 0 Å². The summed E-state index contributed by atoms with van der Waals surface area (Å²) in [5, 5.41) is 14.4. The topological polar surface area (TPSA) is 46.3 Å². The van der Waals surface area contributed by atoms with Crippen molar-refractivity contribution < 1.29 is 0 Å². The molecule has 1 aromatic carbocycles. The minimum absolute atomic E-state index is 0.810. The molecule has 2 aromatic heterocycles. The monoisotopic (exact) mass is 311 g/mol. The highest BCUT2D eigenvalue weighted by atomic mass is 32.1. The summed E-state index contributed by atoms with van der Waals surface area (Å²) in [5.74, 6) is 0.810. The van der Waals surface area contributed by atoms with Crippen LogP contribution in [0.4, 0.5) is 0 Å². The van der Waals surface area contributed by atoms with Crippen LogP contribution < -0.4 is 0 Å². The largest absolute Gasteiger partial charge is 0.300 e. The predicted octanol–water partition coefficient (Wildman–Crippen LogP) is 2.96. The molecule has 3 heterocycles. The van der Waals surface area contributed by atoms with Gasteiger partial charge in [0.25, 0.3) is 0 Å². The Labute approximate surface area is 132 Å². The van der Waals surface area contributed by atoms with Crippen molar-refractivity contribution in [1.29, 1.82) is 0 Å². The van der Waals surface area contributed by atoms with E-state index < -0.39 is 0 Å². The molecule has 4 rings (SSSR count). The van der Waals surface area contributed by atoms with Crippen LogP contribution in [0.5, 0.6) is 0 Å². The smallest absolute Gasteiger partial charge is 0.235 e. The number of nitrogens with zero attached hydrogens (tertiary/aromatic N) is 5. The van der Waals surface area contributed by atoms with Gasteiger partial charge in [0.1, 0.15) is 5.01 Å². The fraction of sp³-hybridized carbons (Fsp3) is 0.312. The first kappa shape index (κ1) is 13.6. The van der Waals surface area contributed by atoms with Crippen molar-refractivity contribution in [3.05, 3.63) is 41.4 Å². The molecule has 0 unspecified atom stereocenters. The van der Waals surface area contributed by atoms with E-state index in [1.807, 2.05) is 34.8 Å². The van der Waals surface area contributed by atoms with Crippen molar-refractivity contribution in [1.82, 2.24) is 24.7 Å². The maximum Gasteiger partial charge on any atom is 0.235 e. The van der Waals surface area contributed by atoms with Crippen LogP contribution >= 0.6 is 11.3 Å². The number of likely N-dealkylation sites (N-methyl/N-ethyl adjacent to an activating group) is 1. The summed E-state index contributed by atoms with van der Waals surface area (Å²) >= 11 is 1.62. The molecule has 0 amide bonds. The van der Waals surface area contributed by atoms with Crippen LogP contribution in [0.1, 0.15) is 18.4 Å². The zero-order chi connectivity index (χ0) is 14.9. The molecule has 0 bridgehead atoms. The molecule has 5 nitrogen and oxygen atoms in total. The van der Waals surface area contributed by atoms with Gasteiger partial charge in [-0.25, -0.2) is 0 Å². The Bertz CT molecular complexity index is 818. The number of aromatic nitrogens is 4. The van der Waals surface area contributed by atoms with Crippen molar-refractivity contribution in [2.45, 2.75) is 13.3 Å². The normalized spacial score (nSPS) is 16.1. The van der Waals surface area contributed by atoms with Crippen LogP contribution in [0.25, 0.3) is 21.9 Å². The Morgan fingerprint density at radius 2 is 2.05 bits per heavy atom. The lowest BCUT2D eigenvalue weighted by atomic mass is 10.1. The molecule has 0 atom stereocenters.